The molecule has 3 heterocycles. The summed E-state index contributed by atoms with van der Waals surface area (Å²) < 4.78 is 57.5. The Hall–Kier alpha value is -1.58. The Morgan fingerprint density at radius 2 is 1.91 bits per heavy atom. The summed E-state index contributed by atoms with van der Waals surface area (Å²) in [6, 6.07) is 0. The van der Waals surface area contributed by atoms with Crippen LogP contribution in [0.2, 0.25) is 0 Å². The molecule has 0 amide bonds. The van der Waals surface area contributed by atoms with Gasteiger partial charge in [-0.3, -0.25) is 18.0 Å². The number of imidazole rings is 1. The molecule has 0 aliphatic carbocycles. The molecule has 1 aliphatic heterocycles. The Labute approximate surface area is 185 Å². The molecule has 17 nitrogen and oxygen atoms in total. The molecule has 1 aliphatic rings. The molecule has 184 valence electrons. The van der Waals surface area contributed by atoms with Crippen molar-refractivity contribution in [2.24, 2.45) is 0 Å². The minimum absolute atomic E-state index is 0.0640. The van der Waals surface area contributed by atoms with Crippen molar-refractivity contribution in [2.75, 3.05) is 18.9 Å². The third kappa shape index (κ3) is 6.96. The average Bonchev–Trinajstić information content (AvgIpc) is 3.26. The first-order chi connectivity index (χ1) is 15.3. The third-order valence-corrected chi connectivity index (χ3v) is 7.77. The molecule has 2 aromatic rings. The minimum atomic E-state index is -6.09. The molecule has 0 aromatic carbocycles. The van der Waals surface area contributed by atoms with Crippen LogP contribution in [0.5, 0.6) is 0 Å². The van der Waals surface area contributed by atoms with Crippen LogP contribution >= 0.6 is 23.5 Å². The van der Waals surface area contributed by atoms with Crippen LogP contribution in [0.1, 0.15) is 12.6 Å². The van der Waals surface area contributed by atoms with E-state index in [0.29, 0.717) is 11.2 Å². The molecule has 5 atom stereocenters. The van der Waals surface area contributed by atoms with Crippen LogP contribution in [0.15, 0.2) is 25.3 Å². The van der Waals surface area contributed by atoms with Crippen LogP contribution in [-0.4, -0.2) is 44.9 Å². The van der Waals surface area contributed by atoms with E-state index in [9.17, 15) is 33.3 Å². The van der Waals surface area contributed by atoms with Crippen molar-refractivity contribution in [3.8, 4) is 0 Å². The monoisotopic (exact) mass is 527 g/mol. The summed E-state index contributed by atoms with van der Waals surface area (Å²) in [5, 5.41) is 0. The van der Waals surface area contributed by atoms with Gasteiger partial charge in [-0.25, -0.2) is 19.3 Å². The quantitative estimate of drug-likeness (QED) is 0.247. The van der Waals surface area contributed by atoms with Crippen LogP contribution in [0.25, 0.3) is 11.2 Å². The predicted molar refractivity (Wildman–Crippen MR) is 99.1 cm³/mol. The first-order valence-electron chi connectivity index (χ1n) is 8.82. The summed E-state index contributed by atoms with van der Waals surface area (Å²) in [5.74, 6) is 0.130. The number of phosphoric ester groups is 1. The first kappa shape index (κ1) is 26.0. The molecule has 2 N–H and O–H groups in total. The topological polar surface area (TPSA) is 259 Å². The second-order valence-electron chi connectivity index (χ2n) is 6.41. The lowest BCUT2D eigenvalue weighted by Crippen LogP contribution is -2.30. The molecular weight excluding hydrogens is 511 g/mol. The molecule has 0 saturated carbocycles. The number of nitrogens with zero attached hydrogens (tertiary/aromatic N) is 4. The zero-order valence-corrected chi connectivity index (χ0v) is 19.1. The van der Waals surface area contributed by atoms with E-state index in [4.69, 9.17) is 15.2 Å². The molecule has 20 heteroatoms. The van der Waals surface area contributed by atoms with Crippen molar-refractivity contribution in [2.45, 2.75) is 24.9 Å². The van der Waals surface area contributed by atoms with E-state index in [1.165, 1.54) is 23.3 Å². The highest BCUT2D eigenvalue weighted by Crippen LogP contribution is 2.60. The Morgan fingerprint density at radius 3 is 2.58 bits per heavy atom. The lowest BCUT2D eigenvalue weighted by Gasteiger charge is -2.37. The van der Waals surface area contributed by atoms with Crippen LogP contribution in [0.3, 0.4) is 0 Å². The molecule has 1 fully saturated rings. The molecule has 2 unspecified atom stereocenters. The zero-order valence-electron chi connectivity index (χ0n) is 16.4. The van der Waals surface area contributed by atoms with Crippen LogP contribution < -0.4 is 25.3 Å². The molecule has 0 bridgehead atoms. The van der Waals surface area contributed by atoms with Crippen molar-refractivity contribution in [1.29, 1.82) is 0 Å². The fraction of sp³-hybridized carbons (Fsp3) is 0.462. The second-order valence-corrected chi connectivity index (χ2v) is 10.7. The highest BCUT2D eigenvalue weighted by Gasteiger charge is 2.39. The highest BCUT2D eigenvalue weighted by molar-refractivity contribution is 7.64. The molecular formula is C13H16N5O12P3-4. The number of anilines is 1. The van der Waals surface area contributed by atoms with Gasteiger partial charge in [-0.15, -0.1) is 6.58 Å². The summed E-state index contributed by atoms with van der Waals surface area (Å²) >= 11 is 0. The third-order valence-electron chi connectivity index (χ3n) is 4.10. The first-order valence-corrected chi connectivity index (χ1v) is 13.2. The maximum atomic E-state index is 11.8. The molecule has 0 radical (unpaired) electrons. The minimum Gasteiger partial charge on any atom is -0.790 e. The number of nitrogens with two attached hydrogens (primary N) is 1. The Balaban J connectivity index is 1.72. The fourth-order valence-corrected chi connectivity index (χ4v) is 5.78. The Bertz CT molecular complexity index is 1150. The fourth-order valence-electron chi connectivity index (χ4n) is 2.92. The van der Waals surface area contributed by atoms with E-state index < -0.39 is 48.5 Å². The summed E-state index contributed by atoms with van der Waals surface area (Å²) in [5.41, 5.74) is 6.39. The molecule has 1 saturated heterocycles. The van der Waals surface area contributed by atoms with Crippen LogP contribution in [0, 0.1) is 0 Å². The van der Waals surface area contributed by atoms with E-state index in [-0.39, 0.29) is 18.8 Å². The smallest absolute Gasteiger partial charge is 0.278 e. The number of rotatable bonds is 11. The van der Waals surface area contributed by atoms with Crippen molar-refractivity contribution in [3.63, 3.8) is 0 Å². The molecule has 33 heavy (non-hydrogen) atoms. The van der Waals surface area contributed by atoms with E-state index in [1.54, 1.807) is 0 Å². The summed E-state index contributed by atoms with van der Waals surface area (Å²) in [4.78, 5) is 55.9. The Kier molecular flexibility index (Phi) is 7.86. The van der Waals surface area contributed by atoms with Gasteiger partial charge in [-0.05, 0) is 0 Å². The van der Waals surface area contributed by atoms with Gasteiger partial charge >= 0.3 is 0 Å². The van der Waals surface area contributed by atoms with Gasteiger partial charge in [0.15, 0.2) is 11.5 Å². The molecule has 0 spiro atoms. The number of hydrogen-bond acceptors (Lipinski definition) is 16. The SMILES string of the molecule is C=CCO[C@@H]1C[C@H](n2cnc3c(N)ncnc32)O[C@@H]1COP(=O)([O-])OP(=O)([O-])OP(=O)([O-])[O-]. The zero-order chi connectivity index (χ0) is 24.4. The maximum absolute atomic E-state index is 11.8. The van der Waals surface area contributed by atoms with Gasteiger partial charge in [0.05, 0.1) is 33.5 Å². The summed E-state index contributed by atoms with van der Waals surface area (Å²) in [6.07, 6.45) is 1.60. The van der Waals surface area contributed by atoms with E-state index >= 15 is 0 Å². The second kappa shape index (κ2) is 9.96. The van der Waals surface area contributed by atoms with Crippen molar-refractivity contribution >= 4 is 40.4 Å². The molecule has 2 aromatic heterocycles. The Morgan fingerprint density at radius 1 is 1.18 bits per heavy atom. The standard InChI is InChI=1S/C13H20N5O12P3/c1-2-3-26-8-4-10(18-7-17-11-12(14)15-6-16-13(11)18)28-9(8)5-27-32(22,23)30-33(24,25)29-31(19,20)21/h2,6-10H,1,3-5H2,(H,22,23)(H,24,25)(H2,14,15,16)(H2,19,20,21)/p-4/t8-,9-,10-/m1/s1. The van der Waals surface area contributed by atoms with Gasteiger partial charge in [0.1, 0.15) is 24.2 Å². The number of phosphoric acid groups is 3. The summed E-state index contributed by atoms with van der Waals surface area (Å²) in [7, 11) is -17.9. The van der Waals surface area contributed by atoms with Gasteiger partial charge < -0.3 is 43.9 Å². The van der Waals surface area contributed by atoms with Gasteiger partial charge in [0, 0.05) is 6.42 Å². The van der Waals surface area contributed by atoms with Crippen LogP contribution in [-0.2, 0) is 36.3 Å². The van der Waals surface area contributed by atoms with E-state index in [2.05, 4.69) is 34.7 Å². The van der Waals surface area contributed by atoms with Gasteiger partial charge in [-0.1, -0.05) is 6.08 Å². The maximum Gasteiger partial charge on any atom is 0.278 e. The van der Waals surface area contributed by atoms with Gasteiger partial charge in [0.2, 0.25) is 0 Å². The van der Waals surface area contributed by atoms with Crippen molar-refractivity contribution in [3.05, 3.63) is 25.3 Å². The van der Waals surface area contributed by atoms with Gasteiger partial charge in [0.25, 0.3) is 15.6 Å². The number of fused-ring (bicyclic) bond motifs is 1. The normalized spacial score (nSPS) is 25.0. The van der Waals surface area contributed by atoms with Gasteiger partial charge in [-0.2, -0.15) is 0 Å². The number of aromatic nitrogens is 4. The van der Waals surface area contributed by atoms with Crippen LogP contribution in [0.4, 0.5) is 5.82 Å². The summed E-state index contributed by atoms with van der Waals surface area (Å²) in [6.45, 7) is 2.78. The van der Waals surface area contributed by atoms with E-state index in [1.807, 2.05) is 0 Å². The van der Waals surface area contributed by atoms with Crippen molar-refractivity contribution in [1.82, 2.24) is 19.5 Å². The number of ether oxygens (including phenoxy) is 2. The lowest BCUT2D eigenvalue weighted by atomic mass is 10.2. The van der Waals surface area contributed by atoms with E-state index in [0.717, 1.165) is 0 Å². The number of nitrogen functional groups attached to an aromatic ring is 1. The molecule has 3 rings (SSSR count). The number of hydrogen-bond donors (Lipinski definition) is 1. The predicted octanol–water partition coefficient (Wildman–Crippen LogP) is -1.92. The highest BCUT2D eigenvalue weighted by atomic mass is 31.3. The van der Waals surface area contributed by atoms with Crippen molar-refractivity contribution < 1.29 is 55.9 Å². The lowest BCUT2D eigenvalue weighted by molar-refractivity contribution is -0.339. The average molecular weight is 527 g/mol. The largest absolute Gasteiger partial charge is 0.790 e.